The van der Waals surface area contributed by atoms with Gasteiger partial charge in [-0.1, -0.05) is 57.3 Å². The second-order valence-corrected chi connectivity index (χ2v) is 13.7. The van der Waals surface area contributed by atoms with Crippen LogP contribution in [0, 0.1) is 0 Å². The van der Waals surface area contributed by atoms with E-state index in [1.165, 1.54) is 0 Å². The van der Waals surface area contributed by atoms with Crippen molar-refractivity contribution in [3.8, 4) is 0 Å². The number of amides is 3. The van der Waals surface area contributed by atoms with Crippen molar-refractivity contribution in [1.82, 2.24) is 10.2 Å². The number of benzene rings is 3. The fraction of sp³-hybridized carbons (Fsp3) is 0.344. The predicted octanol–water partition coefficient (Wildman–Crippen LogP) is 7.39. The van der Waals surface area contributed by atoms with Crippen molar-refractivity contribution in [2.45, 2.75) is 57.2 Å². The van der Waals surface area contributed by atoms with E-state index in [-0.39, 0.29) is 24.3 Å². The third-order valence-corrected chi connectivity index (χ3v) is 8.38. The van der Waals surface area contributed by atoms with Crippen LogP contribution in [-0.2, 0) is 21.5 Å². The molecule has 1 unspecified atom stereocenters. The first-order valence-electron chi connectivity index (χ1n) is 14.1. The highest BCUT2D eigenvalue weighted by Crippen LogP contribution is 2.43. The van der Waals surface area contributed by atoms with Gasteiger partial charge < -0.3 is 25.6 Å². The minimum atomic E-state index is -1.27. The molecule has 3 aromatic rings. The first-order valence-corrected chi connectivity index (χ1v) is 15.6. The number of nitrogens with one attached hydrogen (secondary N) is 3. The molecule has 0 radical (unpaired) electrons. The molecule has 2 atom stereocenters. The summed E-state index contributed by atoms with van der Waals surface area (Å²) < 4.78 is 6.27. The summed E-state index contributed by atoms with van der Waals surface area (Å²) in [6.45, 7) is 6.39. The number of ether oxygens (including phenoxy) is 1. The van der Waals surface area contributed by atoms with Crippen LogP contribution >= 0.6 is 39.1 Å². The van der Waals surface area contributed by atoms with Crippen molar-refractivity contribution in [3.05, 3.63) is 91.9 Å². The molecule has 11 heteroatoms. The predicted molar refractivity (Wildman–Crippen MR) is 173 cm³/mol. The maximum atomic E-state index is 13.8. The normalized spacial score (nSPS) is 19.8. The van der Waals surface area contributed by atoms with E-state index in [1.54, 1.807) is 41.3 Å². The lowest BCUT2D eigenvalue weighted by Crippen LogP contribution is -2.51. The zero-order valence-electron chi connectivity index (χ0n) is 24.1. The van der Waals surface area contributed by atoms with E-state index >= 15 is 0 Å². The van der Waals surface area contributed by atoms with Gasteiger partial charge in [0.2, 0.25) is 0 Å². The number of fused-ring (bicyclic) bond motifs is 1. The first kappa shape index (κ1) is 31.2. The molecular formula is C32H33BrCl2N4O4. The van der Waals surface area contributed by atoms with Gasteiger partial charge in [-0.25, -0.2) is 4.79 Å². The van der Waals surface area contributed by atoms with E-state index in [0.717, 1.165) is 22.9 Å². The number of carbonyl (C=O) groups is 3. The average Bonchev–Trinajstić information content (AvgIpc) is 3.17. The Morgan fingerprint density at radius 3 is 2.60 bits per heavy atom. The van der Waals surface area contributed by atoms with E-state index in [9.17, 15) is 14.4 Å². The van der Waals surface area contributed by atoms with E-state index in [4.69, 9.17) is 27.9 Å². The highest BCUT2D eigenvalue weighted by atomic mass is 79.9. The highest BCUT2D eigenvalue weighted by molar-refractivity contribution is 9.10. The summed E-state index contributed by atoms with van der Waals surface area (Å²) in [4.78, 5) is 41.9. The fourth-order valence-electron chi connectivity index (χ4n) is 5.54. The van der Waals surface area contributed by atoms with Gasteiger partial charge in [-0.05, 0) is 81.6 Å². The molecule has 0 bridgehead atoms. The van der Waals surface area contributed by atoms with Crippen LogP contribution in [0.2, 0.25) is 10.0 Å². The lowest BCUT2D eigenvalue weighted by Gasteiger charge is -2.35. The summed E-state index contributed by atoms with van der Waals surface area (Å²) in [5.74, 6) is -0.602. The van der Waals surface area contributed by atoms with Gasteiger partial charge in [-0.3, -0.25) is 9.59 Å². The van der Waals surface area contributed by atoms with Crippen LogP contribution in [0.4, 0.5) is 16.2 Å². The van der Waals surface area contributed by atoms with Crippen molar-refractivity contribution >= 4 is 68.4 Å². The number of piperidine rings is 1. The molecule has 1 saturated heterocycles. The van der Waals surface area contributed by atoms with Gasteiger partial charge in [0.1, 0.15) is 11.1 Å². The Kier molecular flexibility index (Phi) is 8.97. The quantitative estimate of drug-likeness (QED) is 0.251. The zero-order valence-corrected chi connectivity index (χ0v) is 27.2. The second kappa shape index (κ2) is 12.4. The molecule has 2 aliphatic rings. The summed E-state index contributed by atoms with van der Waals surface area (Å²) in [5, 5.41) is 10.6. The molecule has 3 aromatic carbocycles. The Labute approximate surface area is 269 Å². The van der Waals surface area contributed by atoms with Gasteiger partial charge in [0, 0.05) is 57.0 Å². The Hall–Kier alpha value is -3.27. The first-order chi connectivity index (χ1) is 20.3. The van der Waals surface area contributed by atoms with Crippen LogP contribution in [0.15, 0.2) is 65.1 Å². The molecule has 43 heavy (non-hydrogen) atoms. The standard InChI is InChI=1S/C32H33BrCl2N4O4/c1-31(2,3)43-30(42)39-13-5-8-23(18-39)36-28(40)24-11-9-20(33)15-26(24)38-32(17-19-6-4-7-21(34)14-19)25-12-10-22(35)16-27(25)37-29(32)41/h4,6-7,9-12,14-16,23,38H,5,8,13,17-18H2,1-3H3,(H,36,40)(H,37,41)/t23?,32-/m0/s1. The van der Waals surface area contributed by atoms with E-state index < -0.39 is 17.2 Å². The summed E-state index contributed by atoms with van der Waals surface area (Å²) in [6.07, 6.45) is 1.32. The SMILES string of the molecule is CC(C)(C)OC(=O)N1CCCC(NC(=O)c2ccc(Br)cc2N[C@]2(Cc3cccc(Cl)c3)C(=O)Nc3cc(Cl)ccc32)C1. The number of carbonyl (C=O) groups excluding carboxylic acids is 3. The molecule has 0 saturated carbocycles. The Balaban J connectivity index is 1.45. The van der Waals surface area contributed by atoms with E-state index in [2.05, 4.69) is 31.9 Å². The average molecular weight is 688 g/mol. The molecular weight excluding hydrogens is 655 g/mol. The molecule has 8 nitrogen and oxygen atoms in total. The Morgan fingerprint density at radius 1 is 1.09 bits per heavy atom. The number of halogens is 3. The van der Waals surface area contributed by atoms with Crippen LogP contribution in [-0.4, -0.2) is 47.5 Å². The molecule has 5 rings (SSSR count). The minimum absolute atomic E-state index is 0.259. The fourth-order valence-corrected chi connectivity index (χ4v) is 6.28. The van der Waals surface area contributed by atoms with Crippen LogP contribution in [0.5, 0.6) is 0 Å². The molecule has 0 aromatic heterocycles. The number of hydrogen-bond donors (Lipinski definition) is 3. The Morgan fingerprint density at radius 2 is 1.86 bits per heavy atom. The number of rotatable bonds is 6. The third kappa shape index (κ3) is 7.11. The minimum Gasteiger partial charge on any atom is -0.444 e. The largest absolute Gasteiger partial charge is 0.444 e. The zero-order chi connectivity index (χ0) is 30.9. The number of nitrogens with zero attached hydrogens (tertiary/aromatic N) is 1. The van der Waals surface area contributed by atoms with Crippen LogP contribution in [0.3, 0.4) is 0 Å². The smallest absolute Gasteiger partial charge is 0.410 e. The van der Waals surface area contributed by atoms with Gasteiger partial charge >= 0.3 is 6.09 Å². The van der Waals surface area contributed by atoms with Crippen molar-refractivity contribution in [3.63, 3.8) is 0 Å². The summed E-state index contributed by atoms with van der Waals surface area (Å²) in [6, 6.07) is 17.6. The molecule has 2 aliphatic heterocycles. The van der Waals surface area contributed by atoms with Gasteiger partial charge in [-0.15, -0.1) is 0 Å². The van der Waals surface area contributed by atoms with E-state index in [0.29, 0.717) is 45.6 Å². The Bertz CT molecular complexity index is 1580. The lowest BCUT2D eigenvalue weighted by atomic mass is 9.84. The van der Waals surface area contributed by atoms with Gasteiger partial charge in [0.15, 0.2) is 0 Å². The van der Waals surface area contributed by atoms with Gasteiger partial charge in [0.05, 0.1) is 5.56 Å². The molecule has 1 fully saturated rings. The van der Waals surface area contributed by atoms with Crippen LogP contribution in [0.25, 0.3) is 0 Å². The van der Waals surface area contributed by atoms with E-state index in [1.807, 2.05) is 45.0 Å². The molecule has 0 aliphatic carbocycles. The molecule has 226 valence electrons. The maximum Gasteiger partial charge on any atom is 0.410 e. The summed E-state index contributed by atoms with van der Waals surface area (Å²) in [7, 11) is 0. The maximum absolute atomic E-state index is 13.8. The second-order valence-electron chi connectivity index (χ2n) is 11.9. The number of likely N-dealkylation sites (tertiary alicyclic amines) is 1. The van der Waals surface area contributed by atoms with Crippen LogP contribution < -0.4 is 16.0 Å². The number of hydrogen-bond acceptors (Lipinski definition) is 5. The highest BCUT2D eigenvalue weighted by Gasteiger charge is 2.47. The lowest BCUT2D eigenvalue weighted by molar-refractivity contribution is -0.119. The molecule has 3 amide bonds. The molecule has 2 heterocycles. The molecule has 0 spiro atoms. The van der Waals surface area contributed by atoms with Gasteiger partial charge in [0.25, 0.3) is 11.8 Å². The third-order valence-electron chi connectivity index (χ3n) is 7.42. The van der Waals surface area contributed by atoms with Crippen molar-refractivity contribution in [1.29, 1.82) is 0 Å². The van der Waals surface area contributed by atoms with Crippen molar-refractivity contribution < 1.29 is 19.1 Å². The van der Waals surface area contributed by atoms with Crippen LogP contribution in [0.1, 0.15) is 55.1 Å². The molecule has 3 N–H and O–H groups in total. The van der Waals surface area contributed by atoms with Crippen molar-refractivity contribution in [2.75, 3.05) is 23.7 Å². The van der Waals surface area contributed by atoms with Gasteiger partial charge in [-0.2, -0.15) is 0 Å². The topological polar surface area (TPSA) is 99.8 Å². The monoisotopic (exact) mass is 686 g/mol. The summed E-state index contributed by atoms with van der Waals surface area (Å²) >= 11 is 16.1. The summed E-state index contributed by atoms with van der Waals surface area (Å²) in [5.41, 5.74) is 1.08. The van der Waals surface area contributed by atoms with Crippen molar-refractivity contribution in [2.24, 2.45) is 0 Å². The number of anilines is 2.